The van der Waals surface area contributed by atoms with Gasteiger partial charge in [0.25, 0.3) is 5.91 Å². The lowest BCUT2D eigenvalue weighted by Crippen LogP contribution is -2.36. The van der Waals surface area contributed by atoms with Crippen LogP contribution in [0.4, 0.5) is 0 Å². The zero-order chi connectivity index (χ0) is 10.6. The van der Waals surface area contributed by atoms with Crippen molar-refractivity contribution in [3.8, 4) is 0 Å². The van der Waals surface area contributed by atoms with Crippen molar-refractivity contribution in [2.75, 3.05) is 6.61 Å². The first kappa shape index (κ1) is 11.9. The second kappa shape index (κ2) is 5.67. The Labute approximate surface area is 101 Å². The van der Waals surface area contributed by atoms with Crippen molar-refractivity contribution in [1.82, 2.24) is 5.32 Å². The Morgan fingerprint density at radius 2 is 2.50 bits per heavy atom. The van der Waals surface area contributed by atoms with Crippen molar-refractivity contribution < 1.29 is 9.90 Å². The van der Waals surface area contributed by atoms with Crippen molar-refractivity contribution in [3.63, 3.8) is 0 Å². The predicted molar refractivity (Wildman–Crippen MR) is 65.7 cm³/mol. The molecule has 0 radical (unpaired) electrons. The predicted octanol–water partition coefficient (Wildman–Crippen LogP) is 1.85. The second-order valence-electron chi connectivity index (χ2n) is 2.90. The number of nitrogens with one attached hydrogen (secondary N) is 1. The van der Waals surface area contributed by atoms with Gasteiger partial charge in [-0.05, 0) is 35.1 Å². The van der Waals surface area contributed by atoms with E-state index >= 15 is 0 Å². The molecule has 0 saturated heterocycles. The first-order chi connectivity index (χ1) is 6.67. The number of amides is 1. The monoisotopic (exact) mass is 325 g/mol. The van der Waals surface area contributed by atoms with Crippen LogP contribution in [-0.2, 0) is 0 Å². The molecule has 1 atom stereocenters. The summed E-state index contributed by atoms with van der Waals surface area (Å²) in [5.41, 5.74) is 0.673. The van der Waals surface area contributed by atoms with Crippen molar-refractivity contribution >= 4 is 39.8 Å². The van der Waals surface area contributed by atoms with Crippen LogP contribution in [-0.4, -0.2) is 23.7 Å². The molecule has 3 nitrogen and oxygen atoms in total. The SMILES string of the molecule is CC[C@H](CO)NC(=O)c1csc(I)c1. The molecule has 14 heavy (non-hydrogen) atoms. The summed E-state index contributed by atoms with van der Waals surface area (Å²) in [6.45, 7) is 1.92. The Kier molecular flexibility index (Phi) is 4.83. The fraction of sp³-hybridized carbons (Fsp3) is 0.444. The molecule has 0 aromatic carbocycles. The van der Waals surface area contributed by atoms with Gasteiger partial charge >= 0.3 is 0 Å². The Morgan fingerprint density at radius 3 is 2.93 bits per heavy atom. The molecule has 1 heterocycles. The van der Waals surface area contributed by atoms with E-state index in [1.54, 1.807) is 0 Å². The largest absolute Gasteiger partial charge is 0.394 e. The second-order valence-corrected chi connectivity index (χ2v) is 5.71. The number of thiophene rings is 1. The van der Waals surface area contributed by atoms with E-state index in [9.17, 15) is 4.79 Å². The van der Waals surface area contributed by atoms with E-state index < -0.39 is 0 Å². The molecule has 78 valence electrons. The average Bonchev–Trinajstić information content (AvgIpc) is 2.61. The number of hydrogen-bond donors (Lipinski definition) is 2. The quantitative estimate of drug-likeness (QED) is 0.830. The maximum Gasteiger partial charge on any atom is 0.252 e. The molecular formula is C9H12INO2S. The fourth-order valence-electron chi connectivity index (χ4n) is 0.975. The first-order valence-electron chi connectivity index (χ1n) is 4.33. The number of carbonyl (C=O) groups is 1. The minimum absolute atomic E-state index is 0.0104. The third-order valence-electron chi connectivity index (χ3n) is 1.88. The van der Waals surface area contributed by atoms with Gasteiger partial charge in [0.05, 0.1) is 21.1 Å². The molecule has 0 aliphatic heterocycles. The van der Waals surface area contributed by atoms with E-state index in [1.165, 1.54) is 11.3 Å². The number of carbonyl (C=O) groups excluding carboxylic acids is 1. The summed E-state index contributed by atoms with van der Waals surface area (Å²) in [4.78, 5) is 11.6. The summed E-state index contributed by atoms with van der Waals surface area (Å²) in [5.74, 6) is -0.106. The Morgan fingerprint density at radius 1 is 1.79 bits per heavy atom. The van der Waals surface area contributed by atoms with Gasteiger partial charge in [-0.15, -0.1) is 11.3 Å². The highest BCUT2D eigenvalue weighted by molar-refractivity contribution is 14.1. The summed E-state index contributed by atoms with van der Waals surface area (Å²) >= 11 is 3.71. The van der Waals surface area contributed by atoms with E-state index in [-0.39, 0.29) is 18.6 Å². The summed E-state index contributed by atoms with van der Waals surface area (Å²) in [6.07, 6.45) is 0.740. The van der Waals surface area contributed by atoms with Gasteiger partial charge in [-0.1, -0.05) is 6.92 Å². The molecule has 5 heteroatoms. The minimum Gasteiger partial charge on any atom is -0.394 e. The third-order valence-corrected chi connectivity index (χ3v) is 3.67. The molecule has 0 fully saturated rings. The van der Waals surface area contributed by atoms with Crippen LogP contribution in [0.3, 0.4) is 0 Å². The van der Waals surface area contributed by atoms with Crippen LogP contribution >= 0.6 is 33.9 Å². The van der Waals surface area contributed by atoms with E-state index in [0.29, 0.717) is 5.56 Å². The Bertz CT molecular complexity index is 310. The normalized spacial score (nSPS) is 12.5. The average molecular weight is 325 g/mol. The lowest BCUT2D eigenvalue weighted by atomic mass is 10.2. The molecular weight excluding hydrogens is 313 g/mol. The Hall–Kier alpha value is -0.140. The van der Waals surface area contributed by atoms with Crippen LogP contribution in [0.2, 0.25) is 0 Å². The third kappa shape index (κ3) is 3.21. The van der Waals surface area contributed by atoms with Crippen LogP contribution in [0.15, 0.2) is 11.4 Å². The summed E-state index contributed by atoms with van der Waals surface area (Å²) < 4.78 is 1.09. The van der Waals surface area contributed by atoms with E-state index in [1.807, 2.05) is 18.4 Å². The highest BCUT2D eigenvalue weighted by Crippen LogP contribution is 2.16. The maximum atomic E-state index is 11.6. The van der Waals surface area contributed by atoms with Gasteiger partial charge in [0.15, 0.2) is 0 Å². The molecule has 0 unspecified atom stereocenters. The fourth-order valence-corrected chi connectivity index (χ4v) is 2.30. The minimum atomic E-state index is -0.139. The van der Waals surface area contributed by atoms with Gasteiger partial charge in [-0.2, -0.15) is 0 Å². The van der Waals surface area contributed by atoms with Gasteiger partial charge in [0, 0.05) is 5.38 Å². The molecule has 1 aromatic rings. The number of aliphatic hydroxyl groups is 1. The number of rotatable bonds is 4. The molecule has 2 N–H and O–H groups in total. The zero-order valence-electron chi connectivity index (χ0n) is 7.79. The van der Waals surface area contributed by atoms with Crippen molar-refractivity contribution in [1.29, 1.82) is 0 Å². The van der Waals surface area contributed by atoms with Crippen LogP contribution in [0.25, 0.3) is 0 Å². The molecule has 1 aromatic heterocycles. The lowest BCUT2D eigenvalue weighted by molar-refractivity contribution is 0.0915. The van der Waals surface area contributed by atoms with E-state index in [4.69, 9.17) is 5.11 Å². The summed E-state index contributed by atoms with van der Waals surface area (Å²) in [7, 11) is 0. The molecule has 0 bridgehead atoms. The van der Waals surface area contributed by atoms with Crippen LogP contribution < -0.4 is 5.32 Å². The molecule has 0 aliphatic carbocycles. The van der Waals surface area contributed by atoms with Gasteiger partial charge in [-0.25, -0.2) is 0 Å². The first-order valence-corrected chi connectivity index (χ1v) is 6.29. The van der Waals surface area contributed by atoms with Crippen molar-refractivity contribution in [2.24, 2.45) is 0 Å². The number of halogens is 1. The van der Waals surface area contributed by atoms with E-state index in [0.717, 1.165) is 9.30 Å². The molecule has 0 aliphatic rings. The number of hydrogen-bond acceptors (Lipinski definition) is 3. The smallest absolute Gasteiger partial charge is 0.252 e. The highest BCUT2D eigenvalue weighted by Gasteiger charge is 2.12. The van der Waals surface area contributed by atoms with Crippen LogP contribution in [0.5, 0.6) is 0 Å². The standard InChI is InChI=1S/C9H12INO2S/c1-2-7(4-12)11-9(13)6-3-8(10)14-5-6/h3,5,7,12H,2,4H2,1H3,(H,11,13)/t7-/m1/s1. The summed E-state index contributed by atoms with van der Waals surface area (Å²) in [5, 5.41) is 13.5. The lowest BCUT2D eigenvalue weighted by Gasteiger charge is -2.12. The van der Waals surface area contributed by atoms with Gasteiger partial charge < -0.3 is 10.4 Å². The van der Waals surface area contributed by atoms with Crippen molar-refractivity contribution in [2.45, 2.75) is 19.4 Å². The topological polar surface area (TPSA) is 49.3 Å². The molecule has 1 rings (SSSR count). The van der Waals surface area contributed by atoms with Crippen molar-refractivity contribution in [3.05, 3.63) is 19.9 Å². The highest BCUT2D eigenvalue weighted by atomic mass is 127. The zero-order valence-corrected chi connectivity index (χ0v) is 10.8. The van der Waals surface area contributed by atoms with Crippen LogP contribution in [0, 0.1) is 2.88 Å². The Balaban J connectivity index is 2.58. The van der Waals surface area contributed by atoms with E-state index in [2.05, 4.69) is 27.9 Å². The maximum absolute atomic E-state index is 11.6. The van der Waals surface area contributed by atoms with Crippen LogP contribution in [0.1, 0.15) is 23.7 Å². The van der Waals surface area contributed by atoms with Gasteiger partial charge in [-0.3, -0.25) is 4.79 Å². The summed E-state index contributed by atoms with van der Waals surface area (Å²) in [6, 6.07) is 1.70. The molecule has 0 spiro atoms. The van der Waals surface area contributed by atoms with Gasteiger partial charge in [0.2, 0.25) is 0 Å². The molecule has 1 amide bonds. The molecule has 0 saturated carbocycles. The van der Waals surface area contributed by atoms with Gasteiger partial charge in [0.1, 0.15) is 0 Å². The number of aliphatic hydroxyl groups excluding tert-OH is 1.